The minimum absolute atomic E-state index is 0.270. The number of rotatable bonds is 9. The van der Waals surface area contributed by atoms with Crippen molar-refractivity contribution in [3.05, 3.63) is 59.1 Å². The number of hydrogen-bond acceptors (Lipinski definition) is 4. The lowest BCUT2D eigenvalue weighted by Gasteiger charge is -2.22. The van der Waals surface area contributed by atoms with Gasteiger partial charge in [0.15, 0.2) is 0 Å². The summed E-state index contributed by atoms with van der Waals surface area (Å²) in [5.74, 6) is 0.306. The summed E-state index contributed by atoms with van der Waals surface area (Å²) in [6.07, 6.45) is 2.01. The van der Waals surface area contributed by atoms with E-state index in [2.05, 4.69) is 12.2 Å². The van der Waals surface area contributed by atoms with Crippen LogP contribution in [0.3, 0.4) is 0 Å². The van der Waals surface area contributed by atoms with Crippen molar-refractivity contribution < 1.29 is 17.9 Å². The van der Waals surface area contributed by atoms with Crippen molar-refractivity contribution in [2.75, 3.05) is 30.3 Å². The predicted octanol–water partition coefficient (Wildman–Crippen LogP) is 2.86. The summed E-state index contributed by atoms with van der Waals surface area (Å²) in [7, 11) is -3.61. The van der Waals surface area contributed by atoms with Gasteiger partial charge in [0, 0.05) is 5.02 Å². The van der Waals surface area contributed by atoms with Crippen LogP contribution < -0.4 is 14.4 Å². The Balaban J connectivity index is 1.85. The smallest absolute Gasteiger partial charge is 0.240 e. The number of nitrogens with one attached hydrogen (secondary N) is 1. The van der Waals surface area contributed by atoms with Gasteiger partial charge in [0.25, 0.3) is 0 Å². The molecule has 0 bridgehead atoms. The van der Waals surface area contributed by atoms with E-state index in [9.17, 15) is 13.2 Å². The first kappa shape index (κ1) is 21.1. The van der Waals surface area contributed by atoms with Gasteiger partial charge < -0.3 is 10.1 Å². The van der Waals surface area contributed by atoms with E-state index in [4.69, 9.17) is 16.3 Å². The molecule has 0 aliphatic carbocycles. The third-order valence-corrected chi connectivity index (χ3v) is 5.22. The van der Waals surface area contributed by atoms with Crippen LogP contribution in [0.5, 0.6) is 5.75 Å². The third kappa shape index (κ3) is 6.77. The number of hydrogen-bond donors (Lipinski definition) is 1. The molecule has 0 fully saturated rings. The van der Waals surface area contributed by atoms with Gasteiger partial charge in [-0.1, -0.05) is 30.7 Å². The molecule has 2 aromatic carbocycles. The standard InChI is InChI=1S/C19H23ClN2O4S/c1-3-15-4-10-18(11-5-15)26-13-12-21-19(23)14-22(27(2,24)25)17-8-6-16(20)7-9-17/h4-11H,3,12-14H2,1-2H3,(H,21,23). The first-order valence-corrected chi connectivity index (χ1v) is 10.7. The van der Waals surface area contributed by atoms with Crippen LogP contribution in [0.1, 0.15) is 12.5 Å². The van der Waals surface area contributed by atoms with Crippen LogP contribution in [-0.4, -0.2) is 40.3 Å². The maximum Gasteiger partial charge on any atom is 0.240 e. The molecule has 6 nitrogen and oxygen atoms in total. The molecule has 2 aromatic rings. The highest BCUT2D eigenvalue weighted by Crippen LogP contribution is 2.20. The summed E-state index contributed by atoms with van der Waals surface area (Å²) in [4.78, 5) is 12.1. The molecule has 0 heterocycles. The molecule has 27 heavy (non-hydrogen) atoms. The van der Waals surface area contributed by atoms with Gasteiger partial charge in [-0.3, -0.25) is 9.10 Å². The molecule has 0 aromatic heterocycles. The van der Waals surface area contributed by atoms with Gasteiger partial charge in [0.1, 0.15) is 18.9 Å². The number of anilines is 1. The minimum Gasteiger partial charge on any atom is -0.492 e. The normalized spacial score (nSPS) is 11.1. The van der Waals surface area contributed by atoms with Gasteiger partial charge in [0.05, 0.1) is 18.5 Å². The lowest BCUT2D eigenvalue weighted by atomic mass is 10.2. The van der Waals surface area contributed by atoms with E-state index in [0.717, 1.165) is 22.7 Å². The van der Waals surface area contributed by atoms with Crippen LogP contribution in [0.4, 0.5) is 5.69 Å². The van der Waals surface area contributed by atoms with E-state index < -0.39 is 15.9 Å². The highest BCUT2D eigenvalue weighted by atomic mass is 35.5. The molecule has 0 saturated carbocycles. The zero-order valence-corrected chi connectivity index (χ0v) is 16.9. The quantitative estimate of drug-likeness (QED) is 0.645. The van der Waals surface area contributed by atoms with Crippen molar-refractivity contribution in [1.82, 2.24) is 5.32 Å². The Morgan fingerprint density at radius 2 is 1.74 bits per heavy atom. The lowest BCUT2D eigenvalue weighted by molar-refractivity contribution is -0.119. The Labute approximate surface area is 165 Å². The number of aryl methyl sites for hydroxylation is 1. The summed E-state index contributed by atoms with van der Waals surface area (Å²) in [6, 6.07) is 14.0. The SMILES string of the molecule is CCc1ccc(OCCNC(=O)CN(c2ccc(Cl)cc2)S(C)(=O)=O)cc1. The summed E-state index contributed by atoms with van der Waals surface area (Å²) in [5, 5.41) is 3.15. The molecule has 0 spiro atoms. The van der Waals surface area contributed by atoms with E-state index in [1.165, 1.54) is 5.56 Å². The molecule has 1 amide bonds. The Bertz CT molecular complexity index is 852. The molecule has 0 atom stereocenters. The molecular formula is C19H23ClN2O4S. The topological polar surface area (TPSA) is 75.7 Å². The Morgan fingerprint density at radius 3 is 2.30 bits per heavy atom. The largest absolute Gasteiger partial charge is 0.492 e. The number of nitrogens with zero attached hydrogens (tertiary/aromatic N) is 1. The summed E-state index contributed by atoms with van der Waals surface area (Å²) < 4.78 is 30.6. The second-order valence-electron chi connectivity index (χ2n) is 5.94. The van der Waals surface area contributed by atoms with E-state index in [1.807, 2.05) is 24.3 Å². The molecule has 0 aliphatic heterocycles. The highest BCUT2D eigenvalue weighted by molar-refractivity contribution is 7.92. The van der Waals surface area contributed by atoms with E-state index >= 15 is 0 Å². The maximum absolute atomic E-state index is 12.1. The molecule has 0 unspecified atom stereocenters. The number of carbonyl (C=O) groups excluding carboxylic acids is 1. The van der Waals surface area contributed by atoms with E-state index in [0.29, 0.717) is 10.7 Å². The second kappa shape index (κ2) is 9.62. The molecule has 2 rings (SSSR count). The average Bonchev–Trinajstić information content (AvgIpc) is 2.64. The number of benzene rings is 2. The third-order valence-electron chi connectivity index (χ3n) is 3.83. The number of ether oxygens (including phenoxy) is 1. The van der Waals surface area contributed by atoms with Crippen LogP contribution in [0.25, 0.3) is 0 Å². The Hall–Kier alpha value is -2.25. The average molecular weight is 411 g/mol. The predicted molar refractivity (Wildman–Crippen MR) is 108 cm³/mol. The molecule has 8 heteroatoms. The maximum atomic E-state index is 12.1. The highest BCUT2D eigenvalue weighted by Gasteiger charge is 2.20. The number of halogens is 1. The Kier molecular flexibility index (Phi) is 7.50. The van der Waals surface area contributed by atoms with Crippen molar-refractivity contribution in [2.45, 2.75) is 13.3 Å². The van der Waals surface area contributed by atoms with Crippen LogP contribution >= 0.6 is 11.6 Å². The van der Waals surface area contributed by atoms with Crippen molar-refractivity contribution in [3.8, 4) is 5.75 Å². The van der Waals surface area contributed by atoms with Crippen molar-refractivity contribution in [1.29, 1.82) is 0 Å². The first-order chi connectivity index (χ1) is 12.8. The monoisotopic (exact) mass is 410 g/mol. The fourth-order valence-electron chi connectivity index (χ4n) is 2.37. The van der Waals surface area contributed by atoms with Crippen LogP contribution in [0.2, 0.25) is 5.02 Å². The van der Waals surface area contributed by atoms with Gasteiger partial charge in [-0.15, -0.1) is 0 Å². The molecular weight excluding hydrogens is 388 g/mol. The summed E-state index contributed by atoms with van der Waals surface area (Å²) in [6.45, 7) is 2.32. The zero-order valence-electron chi connectivity index (χ0n) is 15.3. The summed E-state index contributed by atoms with van der Waals surface area (Å²) in [5.41, 5.74) is 1.60. The fraction of sp³-hybridized carbons (Fsp3) is 0.316. The number of sulfonamides is 1. The van der Waals surface area contributed by atoms with Crippen LogP contribution in [0.15, 0.2) is 48.5 Å². The van der Waals surface area contributed by atoms with Crippen LogP contribution in [-0.2, 0) is 21.2 Å². The molecule has 146 valence electrons. The molecule has 0 aliphatic rings. The van der Waals surface area contributed by atoms with Crippen molar-refractivity contribution >= 4 is 33.2 Å². The van der Waals surface area contributed by atoms with Gasteiger partial charge in [0.2, 0.25) is 15.9 Å². The Morgan fingerprint density at radius 1 is 1.11 bits per heavy atom. The van der Waals surface area contributed by atoms with Crippen LogP contribution in [0, 0.1) is 0 Å². The van der Waals surface area contributed by atoms with Gasteiger partial charge in [-0.25, -0.2) is 8.42 Å². The lowest BCUT2D eigenvalue weighted by Crippen LogP contribution is -2.41. The minimum atomic E-state index is -3.61. The second-order valence-corrected chi connectivity index (χ2v) is 8.29. The number of amides is 1. The van der Waals surface area contributed by atoms with Gasteiger partial charge in [-0.2, -0.15) is 0 Å². The van der Waals surface area contributed by atoms with Crippen molar-refractivity contribution in [3.63, 3.8) is 0 Å². The fourth-order valence-corrected chi connectivity index (χ4v) is 3.36. The van der Waals surface area contributed by atoms with Gasteiger partial charge in [-0.05, 0) is 48.4 Å². The van der Waals surface area contributed by atoms with Crippen molar-refractivity contribution in [2.24, 2.45) is 0 Å². The first-order valence-electron chi connectivity index (χ1n) is 8.51. The molecule has 0 radical (unpaired) electrons. The molecule has 0 saturated heterocycles. The molecule has 1 N–H and O–H groups in total. The number of carbonyl (C=O) groups is 1. The summed E-state index contributed by atoms with van der Waals surface area (Å²) >= 11 is 5.83. The van der Waals surface area contributed by atoms with Gasteiger partial charge >= 0.3 is 0 Å². The van der Waals surface area contributed by atoms with E-state index in [1.54, 1.807) is 24.3 Å². The zero-order chi connectivity index (χ0) is 19.9. The van der Waals surface area contributed by atoms with E-state index in [-0.39, 0.29) is 19.7 Å².